The minimum atomic E-state index is -0.446. The molecule has 4 heteroatoms. The number of carbonyl (C=O) groups is 2. The smallest absolute Gasteiger partial charge is 0.338 e. The molecule has 1 aromatic rings. The van der Waals surface area contributed by atoms with E-state index in [0.717, 1.165) is 17.8 Å². The number of nitrogens with one attached hydrogen (secondary N) is 1. The fraction of sp³-hybridized carbons (Fsp3) is 0.619. The van der Waals surface area contributed by atoms with E-state index < -0.39 is 5.97 Å². The Morgan fingerprint density at radius 1 is 1.08 bits per heavy atom. The molecule has 4 fully saturated rings. The number of carbonyl (C=O) groups excluding carboxylic acids is 2. The van der Waals surface area contributed by atoms with E-state index in [9.17, 15) is 9.59 Å². The summed E-state index contributed by atoms with van der Waals surface area (Å²) in [5.74, 6) is 1.95. The Hall–Kier alpha value is -1.84. The van der Waals surface area contributed by atoms with Crippen LogP contribution in [-0.4, -0.2) is 24.5 Å². The van der Waals surface area contributed by atoms with Crippen LogP contribution < -0.4 is 5.32 Å². The molecule has 25 heavy (non-hydrogen) atoms. The van der Waals surface area contributed by atoms with Crippen LogP contribution in [0.1, 0.15) is 55.8 Å². The van der Waals surface area contributed by atoms with Crippen molar-refractivity contribution in [3.63, 3.8) is 0 Å². The zero-order chi connectivity index (χ0) is 17.4. The molecule has 4 aliphatic rings. The van der Waals surface area contributed by atoms with Crippen LogP contribution in [-0.2, 0) is 9.53 Å². The van der Waals surface area contributed by atoms with Crippen LogP contribution in [0.2, 0.25) is 0 Å². The molecule has 0 radical (unpaired) electrons. The van der Waals surface area contributed by atoms with E-state index in [1.165, 1.54) is 38.5 Å². The molecule has 0 heterocycles. The number of benzene rings is 1. The lowest BCUT2D eigenvalue weighted by Gasteiger charge is -2.59. The molecular weight excluding hydrogens is 314 g/mol. The van der Waals surface area contributed by atoms with Crippen molar-refractivity contribution in [3.05, 3.63) is 35.9 Å². The van der Waals surface area contributed by atoms with Gasteiger partial charge in [0.25, 0.3) is 5.91 Å². The van der Waals surface area contributed by atoms with E-state index in [2.05, 4.69) is 12.2 Å². The molecule has 0 saturated heterocycles. The van der Waals surface area contributed by atoms with Crippen LogP contribution in [0.15, 0.2) is 30.3 Å². The molecular formula is C21H27NO3. The largest absolute Gasteiger partial charge is 0.452 e. The summed E-state index contributed by atoms with van der Waals surface area (Å²) in [4.78, 5) is 24.2. The SMILES string of the molecule is C[C@@H](NC(=O)COC(=O)c1ccccc1)C12CC3CC(CC(C3)C1)C2. The number of hydrogen-bond donors (Lipinski definition) is 1. The van der Waals surface area contributed by atoms with Gasteiger partial charge in [-0.1, -0.05) is 18.2 Å². The molecule has 1 N–H and O–H groups in total. The lowest BCUT2D eigenvalue weighted by molar-refractivity contribution is -0.128. The maximum atomic E-state index is 12.3. The maximum Gasteiger partial charge on any atom is 0.338 e. The molecule has 0 aliphatic heterocycles. The Morgan fingerprint density at radius 3 is 2.20 bits per heavy atom. The topological polar surface area (TPSA) is 55.4 Å². The molecule has 0 aromatic heterocycles. The Labute approximate surface area is 149 Å². The molecule has 1 atom stereocenters. The van der Waals surface area contributed by atoms with Crippen LogP contribution in [0.25, 0.3) is 0 Å². The maximum absolute atomic E-state index is 12.3. The summed E-state index contributed by atoms with van der Waals surface area (Å²) in [6.45, 7) is 1.94. The van der Waals surface area contributed by atoms with Gasteiger partial charge in [-0.25, -0.2) is 4.79 Å². The molecule has 4 saturated carbocycles. The summed E-state index contributed by atoms with van der Waals surface area (Å²) < 4.78 is 5.16. The molecule has 5 rings (SSSR count). The van der Waals surface area contributed by atoms with Gasteiger partial charge in [-0.2, -0.15) is 0 Å². The van der Waals surface area contributed by atoms with Gasteiger partial charge in [-0.05, 0) is 80.8 Å². The minimum Gasteiger partial charge on any atom is -0.452 e. The van der Waals surface area contributed by atoms with Gasteiger partial charge in [0.1, 0.15) is 0 Å². The highest BCUT2D eigenvalue weighted by Crippen LogP contribution is 2.61. The van der Waals surface area contributed by atoms with Crippen LogP contribution in [0, 0.1) is 23.2 Å². The second-order valence-electron chi connectivity index (χ2n) is 8.51. The van der Waals surface area contributed by atoms with E-state index >= 15 is 0 Å². The molecule has 4 aliphatic carbocycles. The number of hydrogen-bond acceptors (Lipinski definition) is 3. The summed E-state index contributed by atoms with van der Waals surface area (Å²) in [5, 5.41) is 3.13. The summed E-state index contributed by atoms with van der Waals surface area (Å²) in [7, 11) is 0. The Balaban J connectivity index is 1.31. The minimum absolute atomic E-state index is 0.156. The second-order valence-corrected chi connectivity index (χ2v) is 8.51. The number of amides is 1. The van der Waals surface area contributed by atoms with E-state index in [4.69, 9.17) is 4.74 Å². The monoisotopic (exact) mass is 341 g/mol. The Morgan fingerprint density at radius 2 is 1.64 bits per heavy atom. The first-order chi connectivity index (χ1) is 12.0. The summed E-state index contributed by atoms with van der Waals surface area (Å²) >= 11 is 0. The van der Waals surface area contributed by atoms with Crippen LogP contribution in [0.5, 0.6) is 0 Å². The zero-order valence-corrected chi connectivity index (χ0v) is 14.9. The average Bonchev–Trinajstić information content (AvgIpc) is 2.59. The number of esters is 1. The second kappa shape index (κ2) is 6.47. The van der Waals surface area contributed by atoms with Crippen molar-refractivity contribution in [2.24, 2.45) is 23.2 Å². The van der Waals surface area contributed by atoms with E-state index in [0.29, 0.717) is 5.56 Å². The van der Waals surface area contributed by atoms with Gasteiger partial charge in [0.05, 0.1) is 5.56 Å². The molecule has 0 spiro atoms. The highest BCUT2D eigenvalue weighted by Gasteiger charge is 2.53. The van der Waals surface area contributed by atoms with Gasteiger partial charge < -0.3 is 10.1 Å². The lowest BCUT2D eigenvalue weighted by atomic mass is 9.48. The van der Waals surface area contributed by atoms with Crippen molar-refractivity contribution in [3.8, 4) is 0 Å². The third-order valence-corrected chi connectivity index (χ3v) is 6.73. The molecule has 4 nitrogen and oxygen atoms in total. The van der Waals surface area contributed by atoms with Crippen molar-refractivity contribution in [1.82, 2.24) is 5.32 Å². The number of ether oxygens (including phenoxy) is 1. The quantitative estimate of drug-likeness (QED) is 0.833. The summed E-state index contributed by atoms with van der Waals surface area (Å²) in [6.07, 6.45) is 7.95. The van der Waals surface area contributed by atoms with Gasteiger partial charge in [0.15, 0.2) is 6.61 Å². The predicted octanol–water partition coefficient (Wildman–Crippen LogP) is 3.56. The fourth-order valence-electron chi connectivity index (χ4n) is 5.93. The third kappa shape index (κ3) is 3.31. The molecule has 4 bridgehead atoms. The standard InChI is InChI=1S/C21H27NO3/c1-14(21-10-15-7-16(11-21)9-17(8-15)12-21)22-19(23)13-25-20(24)18-5-3-2-4-6-18/h2-6,14-17H,7-13H2,1H3,(H,22,23)/t14-,15?,16?,17?,21?/m1/s1. The first-order valence-corrected chi connectivity index (χ1v) is 9.55. The van der Waals surface area contributed by atoms with Crippen molar-refractivity contribution in [2.45, 2.75) is 51.5 Å². The highest BCUT2D eigenvalue weighted by atomic mass is 16.5. The number of rotatable bonds is 5. The van der Waals surface area contributed by atoms with Gasteiger partial charge >= 0.3 is 5.97 Å². The molecule has 1 amide bonds. The average molecular weight is 341 g/mol. The van der Waals surface area contributed by atoms with E-state index in [-0.39, 0.29) is 24.0 Å². The molecule has 134 valence electrons. The van der Waals surface area contributed by atoms with Crippen LogP contribution >= 0.6 is 0 Å². The Bertz CT molecular complexity index is 619. The van der Waals surface area contributed by atoms with Crippen molar-refractivity contribution in [2.75, 3.05) is 6.61 Å². The summed E-state index contributed by atoms with van der Waals surface area (Å²) in [5.41, 5.74) is 0.748. The Kier molecular flexibility index (Phi) is 4.30. The van der Waals surface area contributed by atoms with Crippen LogP contribution in [0.4, 0.5) is 0 Å². The van der Waals surface area contributed by atoms with E-state index in [1.54, 1.807) is 24.3 Å². The third-order valence-electron chi connectivity index (χ3n) is 6.73. The zero-order valence-electron chi connectivity index (χ0n) is 14.9. The van der Waals surface area contributed by atoms with Gasteiger partial charge in [-0.3, -0.25) is 4.79 Å². The van der Waals surface area contributed by atoms with Gasteiger partial charge in [0, 0.05) is 6.04 Å². The molecule has 0 unspecified atom stereocenters. The normalized spacial score (nSPS) is 33.7. The molecule has 1 aromatic carbocycles. The van der Waals surface area contributed by atoms with Gasteiger partial charge in [-0.15, -0.1) is 0 Å². The first-order valence-electron chi connectivity index (χ1n) is 9.55. The lowest BCUT2D eigenvalue weighted by Crippen LogP contribution is -2.56. The van der Waals surface area contributed by atoms with Crippen molar-refractivity contribution >= 4 is 11.9 Å². The highest BCUT2D eigenvalue weighted by molar-refractivity contribution is 5.91. The van der Waals surface area contributed by atoms with Crippen molar-refractivity contribution in [1.29, 1.82) is 0 Å². The summed E-state index contributed by atoms with van der Waals surface area (Å²) in [6, 6.07) is 8.95. The van der Waals surface area contributed by atoms with Crippen LogP contribution in [0.3, 0.4) is 0 Å². The van der Waals surface area contributed by atoms with E-state index in [1.807, 2.05) is 6.07 Å². The fourth-order valence-corrected chi connectivity index (χ4v) is 5.93. The van der Waals surface area contributed by atoms with Gasteiger partial charge in [0.2, 0.25) is 0 Å². The predicted molar refractivity (Wildman–Crippen MR) is 94.9 cm³/mol. The first kappa shape index (κ1) is 16.6. The van der Waals surface area contributed by atoms with Crippen molar-refractivity contribution < 1.29 is 14.3 Å².